The van der Waals surface area contributed by atoms with Crippen molar-refractivity contribution in [2.24, 2.45) is 5.14 Å². The summed E-state index contributed by atoms with van der Waals surface area (Å²) in [7, 11) is -3.61. The number of amides is 1. The van der Waals surface area contributed by atoms with Crippen molar-refractivity contribution in [3.8, 4) is 16.9 Å². The third-order valence-electron chi connectivity index (χ3n) is 4.88. The van der Waals surface area contributed by atoms with E-state index >= 15 is 0 Å². The second-order valence-electron chi connectivity index (χ2n) is 7.52. The van der Waals surface area contributed by atoms with Crippen molar-refractivity contribution in [1.82, 2.24) is 9.78 Å². The number of carbonyl (C=O) groups is 1. The van der Waals surface area contributed by atoms with Crippen LogP contribution in [0.1, 0.15) is 11.1 Å². The Labute approximate surface area is 196 Å². The van der Waals surface area contributed by atoms with E-state index in [1.165, 1.54) is 0 Å². The van der Waals surface area contributed by atoms with Gasteiger partial charge in [-0.25, -0.2) is 18.2 Å². The van der Waals surface area contributed by atoms with Gasteiger partial charge in [0.15, 0.2) is 0 Å². The van der Waals surface area contributed by atoms with Crippen LogP contribution in [-0.2, 0) is 27.0 Å². The molecule has 0 radical (unpaired) electrons. The minimum Gasteiger partial charge on any atom is -0.326 e. The minimum atomic E-state index is -3.61. The summed E-state index contributed by atoms with van der Waals surface area (Å²) in [6, 6.07) is 23.5. The van der Waals surface area contributed by atoms with Crippen LogP contribution in [0.4, 0.5) is 5.69 Å². The Morgan fingerprint density at radius 3 is 2.27 bits per heavy atom. The highest BCUT2D eigenvalue weighted by molar-refractivity contribution is 7.88. The van der Waals surface area contributed by atoms with Gasteiger partial charge in [0, 0.05) is 28.0 Å². The molecule has 7 nitrogen and oxygen atoms in total. The number of benzene rings is 3. The molecular formula is C24H21ClN4O3S. The lowest BCUT2D eigenvalue weighted by Crippen LogP contribution is -2.15. The number of nitrogens with two attached hydrogens (primary N) is 1. The molecular weight excluding hydrogens is 460 g/mol. The second kappa shape index (κ2) is 9.58. The van der Waals surface area contributed by atoms with Gasteiger partial charge < -0.3 is 5.32 Å². The lowest BCUT2D eigenvalue weighted by molar-refractivity contribution is -0.115. The van der Waals surface area contributed by atoms with E-state index in [4.69, 9.17) is 21.8 Å². The topological polar surface area (TPSA) is 107 Å². The van der Waals surface area contributed by atoms with Crippen LogP contribution in [0.5, 0.6) is 0 Å². The maximum absolute atomic E-state index is 12.8. The van der Waals surface area contributed by atoms with Gasteiger partial charge in [0.05, 0.1) is 23.6 Å². The van der Waals surface area contributed by atoms with Gasteiger partial charge >= 0.3 is 0 Å². The van der Waals surface area contributed by atoms with E-state index in [9.17, 15) is 13.2 Å². The number of carbonyl (C=O) groups excluding carboxylic acids is 1. The first-order chi connectivity index (χ1) is 15.8. The van der Waals surface area contributed by atoms with E-state index in [1.807, 2.05) is 48.7 Å². The van der Waals surface area contributed by atoms with Crippen molar-refractivity contribution in [3.63, 3.8) is 0 Å². The van der Waals surface area contributed by atoms with Gasteiger partial charge in [-0.05, 0) is 42.0 Å². The molecule has 1 amide bonds. The molecule has 3 N–H and O–H groups in total. The number of aromatic nitrogens is 2. The van der Waals surface area contributed by atoms with Crippen molar-refractivity contribution < 1.29 is 13.2 Å². The Kier molecular flexibility index (Phi) is 6.60. The van der Waals surface area contributed by atoms with Gasteiger partial charge in [-0.3, -0.25) is 4.79 Å². The SMILES string of the molecule is NS(=O)(=O)Cc1ccc(NC(=O)Cc2cn(-c3ccccc3)nc2-c2ccc(Cl)cc2)cc1. The largest absolute Gasteiger partial charge is 0.326 e. The average Bonchev–Trinajstić information content (AvgIpc) is 3.19. The number of halogens is 1. The number of sulfonamides is 1. The highest BCUT2D eigenvalue weighted by Gasteiger charge is 2.16. The van der Waals surface area contributed by atoms with Crippen molar-refractivity contribution in [2.75, 3.05) is 5.32 Å². The van der Waals surface area contributed by atoms with E-state index in [0.29, 0.717) is 22.0 Å². The first kappa shape index (κ1) is 22.7. The van der Waals surface area contributed by atoms with Crippen LogP contribution in [0.15, 0.2) is 85.1 Å². The van der Waals surface area contributed by atoms with Crippen LogP contribution in [0.2, 0.25) is 5.02 Å². The van der Waals surface area contributed by atoms with Crippen molar-refractivity contribution in [1.29, 1.82) is 0 Å². The molecule has 9 heteroatoms. The van der Waals surface area contributed by atoms with E-state index in [1.54, 1.807) is 41.1 Å². The van der Waals surface area contributed by atoms with Gasteiger partial charge in [-0.1, -0.05) is 54.1 Å². The molecule has 1 aromatic heterocycles. The van der Waals surface area contributed by atoms with Gasteiger partial charge in [-0.15, -0.1) is 0 Å². The monoisotopic (exact) mass is 480 g/mol. The predicted molar refractivity (Wildman–Crippen MR) is 130 cm³/mol. The number of hydrogen-bond donors (Lipinski definition) is 2. The number of hydrogen-bond acceptors (Lipinski definition) is 4. The predicted octanol–water partition coefficient (Wildman–Crippen LogP) is 4.16. The molecule has 0 aliphatic rings. The highest BCUT2D eigenvalue weighted by atomic mass is 35.5. The zero-order valence-electron chi connectivity index (χ0n) is 17.5. The van der Waals surface area contributed by atoms with Crippen molar-refractivity contribution in [2.45, 2.75) is 12.2 Å². The van der Waals surface area contributed by atoms with Gasteiger partial charge in [0.2, 0.25) is 15.9 Å². The van der Waals surface area contributed by atoms with E-state index in [2.05, 4.69) is 5.32 Å². The van der Waals surface area contributed by atoms with E-state index in [0.717, 1.165) is 16.8 Å². The number of nitrogens with zero attached hydrogens (tertiary/aromatic N) is 2. The van der Waals surface area contributed by atoms with Gasteiger partial charge in [0.1, 0.15) is 0 Å². The molecule has 0 atom stereocenters. The first-order valence-corrected chi connectivity index (χ1v) is 12.2. The summed E-state index contributed by atoms with van der Waals surface area (Å²) in [4.78, 5) is 12.8. The van der Waals surface area contributed by atoms with Crippen LogP contribution in [0.3, 0.4) is 0 Å². The molecule has 0 saturated carbocycles. The molecule has 33 heavy (non-hydrogen) atoms. The van der Waals surface area contributed by atoms with Crippen molar-refractivity contribution >= 4 is 33.2 Å². The quantitative estimate of drug-likeness (QED) is 0.414. The summed E-state index contributed by atoms with van der Waals surface area (Å²) in [6.07, 6.45) is 1.94. The molecule has 0 unspecified atom stereocenters. The second-order valence-corrected chi connectivity index (χ2v) is 9.57. The number of para-hydroxylation sites is 1. The summed E-state index contributed by atoms with van der Waals surface area (Å²) < 4.78 is 24.2. The number of nitrogens with one attached hydrogen (secondary N) is 1. The zero-order chi connectivity index (χ0) is 23.4. The molecule has 4 aromatic rings. The molecule has 0 fully saturated rings. The van der Waals surface area contributed by atoms with Crippen LogP contribution in [0.25, 0.3) is 16.9 Å². The maximum atomic E-state index is 12.8. The lowest BCUT2D eigenvalue weighted by atomic mass is 10.1. The van der Waals surface area contributed by atoms with Crippen LogP contribution in [-0.4, -0.2) is 24.1 Å². The summed E-state index contributed by atoms with van der Waals surface area (Å²) in [5.41, 5.74) is 4.28. The van der Waals surface area contributed by atoms with Crippen LogP contribution in [0, 0.1) is 0 Å². The van der Waals surface area contributed by atoms with Crippen LogP contribution < -0.4 is 10.5 Å². The number of anilines is 1. The third kappa shape index (κ3) is 6.07. The fourth-order valence-corrected chi connectivity index (χ4v) is 4.18. The van der Waals surface area contributed by atoms with Gasteiger partial charge in [-0.2, -0.15) is 5.10 Å². The third-order valence-corrected chi connectivity index (χ3v) is 5.87. The molecule has 1 heterocycles. The minimum absolute atomic E-state index is 0.101. The smallest absolute Gasteiger partial charge is 0.228 e. The average molecular weight is 481 g/mol. The summed E-state index contributed by atoms with van der Waals surface area (Å²) >= 11 is 6.03. The Morgan fingerprint density at radius 1 is 0.970 bits per heavy atom. The molecule has 168 valence electrons. The molecule has 3 aromatic carbocycles. The Hall–Kier alpha value is -3.46. The van der Waals surface area contributed by atoms with Crippen LogP contribution >= 0.6 is 11.6 Å². The number of rotatable bonds is 7. The lowest BCUT2D eigenvalue weighted by Gasteiger charge is -2.07. The normalized spacial score (nSPS) is 11.3. The fourth-order valence-electron chi connectivity index (χ4n) is 3.40. The number of primary sulfonamides is 1. The molecule has 0 bridgehead atoms. The summed E-state index contributed by atoms with van der Waals surface area (Å²) in [6.45, 7) is 0. The molecule has 0 saturated heterocycles. The highest BCUT2D eigenvalue weighted by Crippen LogP contribution is 2.26. The van der Waals surface area contributed by atoms with Crippen molar-refractivity contribution in [3.05, 3.63) is 101 Å². The molecule has 4 rings (SSSR count). The Bertz CT molecular complexity index is 1370. The maximum Gasteiger partial charge on any atom is 0.228 e. The summed E-state index contributed by atoms with van der Waals surface area (Å²) in [5.74, 6) is -0.485. The summed E-state index contributed by atoms with van der Waals surface area (Å²) in [5, 5.41) is 13.2. The Morgan fingerprint density at radius 2 is 1.64 bits per heavy atom. The molecule has 0 aliphatic heterocycles. The van der Waals surface area contributed by atoms with Gasteiger partial charge in [0.25, 0.3) is 0 Å². The van der Waals surface area contributed by atoms with E-state index < -0.39 is 10.0 Å². The first-order valence-electron chi connectivity index (χ1n) is 10.1. The molecule has 0 aliphatic carbocycles. The fraction of sp³-hybridized carbons (Fsp3) is 0.0833. The van der Waals surface area contributed by atoms with E-state index in [-0.39, 0.29) is 18.1 Å². The molecule has 0 spiro atoms. The Balaban J connectivity index is 1.56. The standard InChI is InChI=1S/C24H21ClN4O3S/c25-20-10-8-18(9-11-20)24-19(15-29(28-24)22-4-2-1-3-5-22)14-23(30)27-21-12-6-17(7-13-21)16-33(26,31)32/h1-13,15H,14,16H2,(H,27,30)(H2,26,31,32). The zero-order valence-corrected chi connectivity index (χ0v) is 19.1.